The molecule has 2 bridgehead atoms. The summed E-state index contributed by atoms with van der Waals surface area (Å²) in [5.41, 5.74) is 2.21. The molecule has 2 aliphatic heterocycles. The van der Waals surface area contributed by atoms with Gasteiger partial charge in [-0.25, -0.2) is 19.6 Å². The molecule has 2 N–H and O–H groups in total. The molecule has 1 aromatic heterocycles. The van der Waals surface area contributed by atoms with Gasteiger partial charge in [0.15, 0.2) is 0 Å². The van der Waals surface area contributed by atoms with E-state index in [1.807, 2.05) is 63.2 Å². The predicted octanol–water partition coefficient (Wildman–Crippen LogP) is 5.19. The number of aliphatic carboxylic acids is 1. The van der Waals surface area contributed by atoms with Crippen molar-refractivity contribution in [3.05, 3.63) is 59.8 Å². The zero-order valence-corrected chi connectivity index (χ0v) is 27.5. The molecule has 3 aliphatic rings. The van der Waals surface area contributed by atoms with E-state index in [0.29, 0.717) is 47.1 Å². The van der Waals surface area contributed by atoms with E-state index < -0.39 is 47.5 Å². The SMILES string of the molecule is COc1ccc2nc3c(nc2c1)O[C@H]1CN(C(=O)[C@H](C(C)(C)C)NC(=O)O[C@@H]2C[C@H]2CCCCC3)[C@H](C(=O)O)[C@@H]1Cc1ccccc1. The van der Waals surface area contributed by atoms with Gasteiger partial charge in [0.25, 0.3) is 0 Å². The van der Waals surface area contributed by atoms with Gasteiger partial charge in [-0.15, -0.1) is 0 Å². The second-order valence-corrected chi connectivity index (χ2v) is 14.1. The van der Waals surface area contributed by atoms with Crippen molar-refractivity contribution in [2.24, 2.45) is 17.3 Å². The Morgan fingerprint density at radius 2 is 1.81 bits per heavy atom. The predicted molar refractivity (Wildman–Crippen MR) is 174 cm³/mol. The van der Waals surface area contributed by atoms with Crippen LogP contribution >= 0.6 is 0 Å². The van der Waals surface area contributed by atoms with Crippen LogP contribution in [-0.2, 0) is 27.2 Å². The van der Waals surface area contributed by atoms with E-state index in [4.69, 9.17) is 24.2 Å². The highest BCUT2D eigenvalue weighted by Gasteiger charge is 2.52. The summed E-state index contributed by atoms with van der Waals surface area (Å²) in [5, 5.41) is 13.5. The van der Waals surface area contributed by atoms with E-state index in [0.717, 1.165) is 37.7 Å². The third kappa shape index (κ3) is 7.29. The van der Waals surface area contributed by atoms with Gasteiger partial charge in [-0.05, 0) is 61.1 Å². The Hall–Kier alpha value is -4.41. The van der Waals surface area contributed by atoms with Gasteiger partial charge in [0.05, 0.1) is 24.7 Å². The number of carbonyl (C=O) groups excluding carboxylic acids is 2. The van der Waals surface area contributed by atoms with E-state index in [1.54, 1.807) is 13.2 Å². The highest BCUT2D eigenvalue weighted by molar-refractivity contribution is 5.91. The van der Waals surface area contributed by atoms with Crippen LogP contribution in [0.5, 0.6) is 11.6 Å². The monoisotopic (exact) mass is 644 g/mol. The molecule has 250 valence electrons. The molecule has 1 aliphatic carbocycles. The Balaban J connectivity index is 1.42. The molecule has 2 aromatic carbocycles. The molecule has 6 rings (SSSR count). The van der Waals surface area contributed by atoms with Crippen molar-refractivity contribution in [3.63, 3.8) is 0 Å². The number of ether oxygens (including phenoxy) is 3. The molecule has 0 unspecified atom stereocenters. The van der Waals surface area contributed by atoms with Crippen LogP contribution in [0, 0.1) is 17.3 Å². The number of benzene rings is 2. The molecule has 6 atom stereocenters. The number of carboxylic acids is 1. The van der Waals surface area contributed by atoms with Gasteiger partial charge in [0, 0.05) is 12.0 Å². The number of alkyl carbamates (subject to hydrolysis) is 1. The first-order valence-electron chi connectivity index (χ1n) is 16.6. The molecule has 3 heterocycles. The maximum atomic E-state index is 14.4. The van der Waals surface area contributed by atoms with Crippen molar-refractivity contribution in [1.82, 2.24) is 20.2 Å². The average molecular weight is 645 g/mol. The molecule has 11 nitrogen and oxygen atoms in total. The number of hydrogen-bond donors (Lipinski definition) is 2. The minimum Gasteiger partial charge on any atom is -0.497 e. The largest absolute Gasteiger partial charge is 0.497 e. The fourth-order valence-corrected chi connectivity index (χ4v) is 6.90. The van der Waals surface area contributed by atoms with E-state index in [9.17, 15) is 19.5 Å². The number of nitrogens with zero attached hydrogens (tertiary/aromatic N) is 3. The fourth-order valence-electron chi connectivity index (χ4n) is 6.90. The van der Waals surface area contributed by atoms with Crippen LogP contribution in [0.3, 0.4) is 0 Å². The van der Waals surface area contributed by atoms with Gasteiger partial charge < -0.3 is 29.5 Å². The van der Waals surface area contributed by atoms with E-state index >= 15 is 0 Å². The number of aromatic nitrogens is 2. The highest BCUT2D eigenvalue weighted by Crippen LogP contribution is 2.39. The maximum absolute atomic E-state index is 14.4. The first kappa shape index (κ1) is 32.5. The number of fused-ring (bicyclic) bond motifs is 5. The van der Waals surface area contributed by atoms with Crippen molar-refractivity contribution in [2.75, 3.05) is 13.7 Å². The van der Waals surface area contributed by atoms with Crippen LogP contribution in [0.15, 0.2) is 48.5 Å². The van der Waals surface area contributed by atoms with Gasteiger partial charge in [0.1, 0.15) is 35.7 Å². The standard InChI is InChI=1S/C36H44N4O7/c1-36(2,3)31-33(41)40-20-29(24(30(40)34(42)43)17-21-11-7-5-8-12-21)46-32-26(37-25-16-15-23(45-4)19-27(25)38-32)14-10-6-9-13-22-18-28(22)47-35(44)39-31/h5,7-8,11-12,15-16,19,22,24,28-31H,6,9-10,13-14,17-18,20H2,1-4H3,(H,39,44)(H,42,43)/t22-,24-,28-,29+,30+,31-/m1/s1. The van der Waals surface area contributed by atoms with E-state index in [2.05, 4.69) is 5.32 Å². The van der Waals surface area contributed by atoms with Gasteiger partial charge in [-0.3, -0.25) is 4.79 Å². The van der Waals surface area contributed by atoms with Crippen LogP contribution in [0.2, 0.25) is 0 Å². The number of carbonyl (C=O) groups is 3. The summed E-state index contributed by atoms with van der Waals surface area (Å²) in [4.78, 5) is 51.7. The van der Waals surface area contributed by atoms with Gasteiger partial charge >= 0.3 is 12.1 Å². The second kappa shape index (κ2) is 13.4. The summed E-state index contributed by atoms with van der Waals surface area (Å²) in [6, 6.07) is 12.9. The lowest BCUT2D eigenvalue weighted by Gasteiger charge is -2.35. The number of methoxy groups -OCH3 is 1. The normalized spacial score (nSPS) is 26.9. The van der Waals surface area contributed by atoms with Crippen LogP contribution in [-0.4, -0.2) is 75.9 Å². The zero-order valence-electron chi connectivity index (χ0n) is 27.5. The summed E-state index contributed by atoms with van der Waals surface area (Å²) in [6.45, 7) is 5.52. The summed E-state index contributed by atoms with van der Waals surface area (Å²) in [7, 11) is 1.59. The quantitative estimate of drug-likeness (QED) is 0.393. The number of rotatable bonds is 4. The summed E-state index contributed by atoms with van der Waals surface area (Å²) < 4.78 is 17.9. The molecule has 3 aromatic rings. The van der Waals surface area contributed by atoms with Crippen molar-refractivity contribution >= 4 is 29.0 Å². The average Bonchev–Trinajstić information content (AvgIpc) is 3.67. The molecule has 1 saturated carbocycles. The molecule has 0 spiro atoms. The maximum Gasteiger partial charge on any atom is 0.408 e. The third-order valence-corrected chi connectivity index (χ3v) is 9.60. The lowest BCUT2D eigenvalue weighted by atomic mass is 9.85. The topological polar surface area (TPSA) is 140 Å². The zero-order chi connectivity index (χ0) is 33.3. The van der Waals surface area contributed by atoms with Crippen molar-refractivity contribution in [1.29, 1.82) is 0 Å². The number of aryl methyl sites for hydroxylation is 1. The number of nitrogens with one attached hydrogen (secondary N) is 1. The van der Waals surface area contributed by atoms with Gasteiger partial charge in [0.2, 0.25) is 11.8 Å². The molecule has 47 heavy (non-hydrogen) atoms. The Labute approximate surface area is 275 Å². The Morgan fingerprint density at radius 1 is 1.02 bits per heavy atom. The molecular formula is C36H44N4O7. The van der Waals surface area contributed by atoms with Crippen LogP contribution in [0.4, 0.5) is 4.79 Å². The fraction of sp³-hybridized carbons (Fsp3) is 0.528. The van der Waals surface area contributed by atoms with Crippen molar-refractivity contribution in [3.8, 4) is 11.6 Å². The molecule has 2 fully saturated rings. The third-order valence-electron chi connectivity index (χ3n) is 9.60. The highest BCUT2D eigenvalue weighted by atomic mass is 16.6. The number of amides is 2. The summed E-state index contributed by atoms with van der Waals surface area (Å²) in [6.07, 6.45) is 4.00. The van der Waals surface area contributed by atoms with Crippen LogP contribution < -0.4 is 14.8 Å². The minimum atomic E-state index is -1.21. The van der Waals surface area contributed by atoms with E-state index in [1.165, 1.54) is 4.90 Å². The Bertz CT molecular complexity index is 1620. The molecule has 1 saturated heterocycles. The first-order valence-corrected chi connectivity index (χ1v) is 16.6. The van der Waals surface area contributed by atoms with Gasteiger partial charge in [-0.2, -0.15) is 0 Å². The summed E-state index contributed by atoms with van der Waals surface area (Å²) in [5.74, 6) is -0.973. The van der Waals surface area contributed by atoms with Crippen LogP contribution in [0.25, 0.3) is 11.0 Å². The lowest BCUT2D eigenvalue weighted by Crippen LogP contribution is -2.57. The number of carboxylic acid groups (broad SMARTS) is 1. The molecule has 0 radical (unpaired) electrons. The first-order chi connectivity index (χ1) is 22.5. The Kier molecular flexibility index (Phi) is 9.25. The van der Waals surface area contributed by atoms with Crippen molar-refractivity contribution < 1.29 is 33.7 Å². The van der Waals surface area contributed by atoms with Crippen LogP contribution in [0.1, 0.15) is 64.1 Å². The van der Waals surface area contributed by atoms with E-state index in [-0.39, 0.29) is 12.6 Å². The van der Waals surface area contributed by atoms with Gasteiger partial charge in [-0.1, -0.05) is 63.9 Å². The number of hydrogen-bond acceptors (Lipinski definition) is 8. The second-order valence-electron chi connectivity index (χ2n) is 14.1. The molecule has 11 heteroatoms. The molecule has 2 amide bonds. The smallest absolute Gasteiger partial charge is 0.408 e. The Morgan fingerprint density at radius 3 is 2.53 bits per heavy atom. The summed E-state index contributed by atoms with van der Waals surface area (Å²) >= 11 is 0. The lowest BCUT2D eigenvalue weighted by molar-refractivity contribution is -0.151. The van der Waals surface area contributed by atoms with Crippen molar-refractivity contribution in [2.45, 2.75) is 90.0 Å². The minimum absolute atomic E-state index is 0.00141. The molecular weight excluding hydrogens is 600 g/mol.